The summed E-state index contributed by atoms with van der Waals surface area (Å²) in [5.74, 6) is -0.285. The van der Waals surface area contributed by atoms with Crippen LogP contribution in [0.5, 0.6) is 0 Å². The van der Waals surface area contributed by atoms with Gasteiger partial charge in [-0.05, 0) is 57.7 Å². The standard InChI is InChI=1S/C14H10Br2ClF/c15-11-3-1-2-9(6-11)7-13(17)10-4-5-12(16)14(18)8-10/h1-6,8,13H,7H2. The highest BCUT2D eigenvalue weighted by molar-refractivity contribution is 9.10. The van der Waals surface area contributed by atoms with Crippen LogP contribution < -0.4 is 0 Å². The molecular formula is C14H10Br2ClF. The molecule has 18 heavy (non-hydrogen) atoms. The van der Waals surface area contributed by atoms with Crippen molar-refractivity contribution in [2.75, 3.05) is 0 Å². The predicted octanol–water partition coefficient (Wildman–Crippen LogP) is 5.87. The maximum Gasteiger partial charge on any atom is 0.137 e. The molecule has 0 aliphatic rings. The van der Waals surface area contributed by atoms with Crippen LogP contribution in [-0.2, 0) is 6.42 Å². The van der Waals surface area contributed by atoms with Gasteiger partial charge in [-0.25, -0.2) is 4.39 Å². The third-order valence-electron chi connectivity index (χ3n) is 2.61. The molecule has 0 aliphatic heterocycles. The van der Waals surface area contributed by atoms with Crippen molar-refractivity contribution in [3.63, 3.8) is 0 Å². The summed E-state index contributed by atoms with van der Waals surface area (Å²) in [4.78, 5) is 0. The number of hydrogen-bond donors (Lipinski definition) is 0. The van der Waals surface area contributed by atoms with Crippen molar-refractivity contribution in [3.8, 4) is 0 Å². The Hall–Kier alpha value is -0.380. The molecule has 1 atom stereocenters. The van der Waals surface area contributed by atoms with E-state index < -0.39 is 0 Å². The van der Waals surface area contributed by atoms with Crippen LogP contribution >= 0.6 is 43.5 Å². The van der Waals surface area contributed by atoms with Gasteiger partial charge in [-0.15, -0.1) is 11.6 Å². The van der Waals surface area contributed by atoms with Crippen LogP contribution in [0.4, 0.5) is 4.39 Å². The Balaban J connectivity index is 2.16. The van der Waals surface area contributed by atoms with Crippen LogP contribution in [0.2, 0.25) is 0 Å². The Bertz CT molecular complexity index is 557. The van der Waals surface area contributed by atoms with Crippen molar-refractivity contribution in [1.82, 2.24) is 0 Å². The molecule has 0 nitrogen and oxygen atoms in total. The zero-order valence-corrected chi connectivity index (χ0v) is 13.3. The minimum atomic E-state index is -0.285. The van der Waals surface area contributed by atoms with E-state index in [1.165, 1.54) is 6.07 Å². The number of halogens is 4. The van der Waals surface area contributed by atoms with Gasteiger partial charge in [0, 0.05) is 4.47 Å². The third kappa shape index (κ3) is 3.56. The maximum atomic E-state index is 13.4. The summed E-state index contributed by atoms with van der Waals surface area (Å²) in [6.07, 6.45) is 0.669. The van der Waals surface area contributed by atoms with Gasteiger partial charge in [0.1, 0.15) is 5.82 Å². The van der Waals surface area contributed by atoms with Gasteiger partial charge in [0.05, 0.1) is 9.85 Å². The van der Waals surface area contributed by atoms with Gasteiger partial charge in [-0.2, -0.15) is 0 Å². The second-order valence-electron chi connectivity index (χ2n) is 3.98. The first-order valence-corrected chi connectivity index (χ1v) is 7.42. The summed E-state index contributed by atoms with van der Waals surface area (Å²) in [7, 11) is 0. The Labute approximate surface area is 127 Å². The Morgan fingerprint density at radius 3 is 2.56 bits per heavy atom. The van der Waals surface area contributed by atoms with Crippen LogP contribution in [0.15, 0.2) is 51.4 Å². The van der Waals surface area contributed by atoms with Crippen molar-refractivity contribution in [3.05, 3.63) is 68.4 Å². The lowest BCUT2D eigenvalue weighted by atomic mass is 10.0. The van der Waals surface area contributed by atoms with Crippen molar-refractivity contribution >= 4 is 43.5 Å². The van der Waals surface area contributed by atoms with E-state index in [0.717, 1.165) is 15.6 Å². The van der Waals surface area contributed by atoms with Crippen LogP contribution in [0, 0.1) is 5.82 Å². The molecule has 0 bridgehead atoms. The monoisotopic (exact) mass is 390 g/mol. The minimum Gasteiger partial charge on any atom is -0.206 e. The average molecular weight is 392 g/mol. The second kappa shape index (κ2) is 6.18. The molecule has 0 spiro atoms. The van der Waals surface area contributed by atoms with Gasteiger partial charge in [-0.3, -0.25) is 0 Å². The molecule has 0 fully saturated rings. The molecule has 0 aromatic heterocycles. The first-order valence-electron chi connectivity index (χ1n) is 5.40. The zero-order chi connectivity index (χ0) is 13.1. The summed E-state index contributed by atoms with van der Waals surface area (Å²) >= 11 is 12.9. The van der Waals surface area contributed by atoms with Gasteiger partial charge in [0.2, 0.25) is 0 Å². The van der Waals surface area contributed by atoms with Gasteiger partial charge in [0.25, 0.3) is 0 Å². The van der Waals surface area contributed by atoms with Gasteiger partial charge in [-0.1, -0.05) is 34.1 Å². The molecule has 2 rings (SSSR count). The molecule has 1 unspecified atom stereocenters. The lowest BCUT2D eigenvalue weighted by Crippen LogP contribution is -1.97. The van der Waals surface area contributed by atoms with E-state index >= 15 is 0 Å². The van der Waals surface area contributed by atoms with Crippen molar-refractivity contribution in [2.24, 2.45) is 0 Å². The molecule has 0 saturated carbocycles. The topological polar surface area (TPSA) is 0 Å². The summed E-state index contributed by atoms with van der Waals surface area (Å²) < 4.78 is 14.9. The molecule has 0 N–H and O–H groups in total. The Kier molecular flexibility index (Phi) is 4.82. The van der Waals surface area contributed by atoms with Crippen molar-refractivity contribution < 1.29 is 4.39 Å². The molecule has 0 aliphatic carbocycles. The first kappa shape index (κ1) is 14.0. The average Bonchev–Trinajstić information content (AvgIpc) is 2.32. The molecule has 2 aromatic rings. The molecule has 0 heterocycles. The van der Waals surface area contributed by atoms with E-state index in [0.29, 0.717) is 10.9 Å². The lowest BCUT2D eigenvalue weighted by Gasteiger charge is -2.11. The summed E-state index contributed by atoms with van der Waals surface area (Å²) in [5, 5.41) is -0.234. The summed E-state index contributed by atoms with van der Waals surface area (Å²) in [6.45, 7) is 0. The quantitative estimate of drug-likeness (QED) is 0.573. The number of hydrogen-bond acceptors (Lipinski definition) is 0. The number of rotatable bonds is 3. The van der Waals surface area contributed by atoms with Crippen LogP contribution in [0.3, 0.4) is 0 Å². The smallest absolute Gasteiger partial charge is 0.137 e. The van der Waals surface area contributed by atoms with Crippen LogP contribution in [0.25, 0.3) is 0 Å². The highest BCUT2D eigenvalue weighted by atomic mass is 79.9. The highest BCUT2D eigenvalue weighted by Gasteiger charge is 2.11. The first-order chi connectivity index (χ1) is 8.56. The third-order valence-corrected chi connectivity index (χ3v) is 4.15. The van der Waals surface area contributed by atoms with Gasteiger partial charge in [0.15, 0.2) is 0 Å². The van der Waals surface area contributed by atoms with Crippen LogP contribution in [0.1, 0.15) is 16.5 Å². The molecule has 94 valence electrons. The zero-order valence-electron chi connectivity index (χ0n) is 9.34. The van der Waals surface area contributed by atoms with Crippen LogP contribution in [-0.4, -0.2) is 0 Å². The largest absolute Gasteiger partial charge is 0.206 e. The molecule has 2 aromatic carbocycles. The predicted molar refractivity (Wildman–Crippen MR) is 80.5 cm³/mol. The lowest BCUT2D eigenvalue weighted by molar-refractivity contribution is 0.618. The normalized spacial score (nSPS) is 12.4. The van der Waals surface area contributed by atoms with E-state index in [1.807, 2.05) is 30.3 Å². The van der Waals surface area contributed by atoms with Crippen molar-refractivity contribution in [1.29, 1.82) is 0 Å². The Morgan fingerprint density at radius 2 is 1.89 bits per heavy atom. The molecular weight excluding hydrogens is 382 g/mol. The number of benzene rings is 2. The fourth-order valence-electron chi connectivity index (χ4n) is 1.70. The van der Waals surface area contributed by atoms with E-state index in [1.54, 1.807) is 6.07 Å². The summed E-state index contributed by atoms with van der Waals surface area (Å²) in [5.41, 5.74) is 1.91. The van der Waals surface area contributed by atoms with Gasteiger partial charge >= 0.3 is 0 Å². The van der Waals surface area contributed by atoms with Crippen molar-refractivity contribution in [2.45, 2.75) is 11.8 Å². The van der Waals surface area contributed by atoms with Gasteiger partial charge < -0.3 is 0 Å². The van der Waals surface area contributed by atoms with E-state index in [9.17, 15) is 4.39 Å². The number of alkyl halides is 1. The van der Waals surface area contributed by atoms with E-state index in [4.69, 9.17) is 11.6 Å². The van der Waals surface area contributed by atoms with E-state index in [2.05, 4.69) is 31.9 Å². The second-order valence-corrected chi connectivity index (χ2v) is 6.27. The Morgan fingerprint density at radius 1 is 1.11 bits per heavy atom. The minimum absolute atomic E-state index is 0.234. The van der Waals surface area contributed by atoms with E-state index in [-0.39, 0.29) is 11.2 Å². The molecule has 4 heteroatoms. The fraction of sp³-hybridized carbons (Fsp3) is 0.143. The molecule has 0 radical (unpaired) electrons. The summed E-state index contributed by atoms with van der Waals surface area (Å²) in [6, 6.07) is 12.9. The molecule has 0 saturated heterocycles. The fourth-order valence-corrected chi connectivity index (χ4v) is 2.70. The molecule has 0 amide bonds. The highest BCUT2D eigenvalue weighted by Crippen LogP contribution is 2.28. The maximum absolute atomic E-state index is 13.4. The SMILES string of the molecule is Fc1cc(C(Cl)Cc2cccc(Br)c2)ccc1Br.